The average Bonchev–Trinajstić information content (AvgIpc) is 3.10. The van der Waals surface area contributed by atoms with Gasteiger partial charge < -0.3 is 4.40 Å². The lowest BCUT2D eigenvalue weighted by Crippen LogP contribution is -1.85. The molecule has 0 saturated carbocycles. The van der Waals surface area contributed by atoms with Crippen molar-refractivity contribution in [1.82, 2.24) is 4.40 Å². The molecule has 0 aliphatic carbocycles. The highest BCUT2D eigenvalue weighted by atomic mass is 14.9. The molecule has 3 heterocycles. The zero-order valence-corrected chi connectivity index (χ0v) is 13.5. The molecule has 0 atom stereocenters. The molecule has 0 unspecified atom stereocenters. The Labute approximate surface area is 143 Å². The molecule has 4 aromatic carbocycles. The van der Waals surface area contributed by atoms with Crippen molar-refractivity contribution in [3.05, 3.63) is 77.9 Å². The van der Waals surface area contributed by atoms with Gasteiger partial charge in [0.1, 0.15) is 0 Å². The summed E-state index contributed by atoms with van der Waals surface area (Å²) in [5.74, 6) is 0. The van der Waals surface area contributed by atoms with Crippen LogP contribution in [0.2, 0.25) is 0 Å². The molecular weight excluding hydrogens is 302 g/mol. The standard InChI is InChI=1S/C24H13N/c1-2-7-16-15(5-1)13-21-19-10-4-9-18-17-8-3-6-14-11-12-20(16)24(21)25(22(14)17)23(18)19/h1-13H. The molecule has 0 fully saturated rings. The van der Waals surface area contributed by atoms with Gasteiger partial charge in [-0.2, -0.15) is 0 Å². The van der Waals surface area contributed by atoms with Crippen molar-refractivity contribution in [3.8, 4) is 0 Å². The van der Waals surface area contributed by atoms with Crippen molar-refractivity contribution >= 4 is 61.0 Å². The predicted molar refractivity (Wildman–Crippen MR) is 108 cm³/mol. The highest BCUT2D eigenvalue weighted by Crippen LogP contribution is 2.44. The van der Waals surface area contributed by atoms with Gasteiger partial charge in [-0.3, -0.25) is 0 Å². The second-order valence-corrected chi connectivity index (χ2v) is 7.02. The zero-order chi connectivity index (χ0) is 16.1. The van der Waals surface area contributed by atoms with Crippen molar-refractivity contribution in [1.29, 1.82) is 0 Å². The van der Waals surface area contributed by atoms with Crippen LogP contribution >= 0.6 is 0 Å². The molecule has 0 bridgehead atoms. The molecule has 0 N–H and O–H groups in total. The first kappa shape index (κ1) is 12.1. The van der Waals surface area contributed by atoms with Crippen molar-refractivity contribution in [2.45, 2.75) is 0 Å². The number of para-hydroxylation sites is 2. The van der Waals surface area contributed by atoms with E-state index in [0.29, 0.717) is 0 Å². The van der Waals surface area contributed by atoms with Gasteiger partial charge in [-0.15, -0.1) is 0 Å². The van der Waals surface area contributed by atoms with Crippen LogP contribution in [0.25, 0.3) is 61.0 Å². The lowest BCUT2D eigenvalue weighted by atomic mass is 9.99. The van der Waals surface area contributed by atoms with Crippen LogP contribution in [0.4, 0.5) is 0 Å². The average molecular weight is 315 g/mol. The van der Waals surface area contributed by atoms with Gasteiger partial charge in [0.15, 0.2) is 0 Å². The van der Waals surface area contributed by atoms with Gasteiger partial charge in [0.2, 0.25) is 0 Å². The van der Waals surface area contributed by atoms with Crippen LogP contribution in [-0.2, 0) is 0 Å². The van der Waals surface area contributed by atoms with Crippen LogP contribution in [0.5, 0.6) is 0 Å². The number of benzene rings is 4. The maximum Gasteiger partial charge on any atom is 0.0621 e. The molecule has 2 aromatic heterocycles. The Kier molecular flexibility index (Phi) is 1.86. The van der Waals surface area contributed by atoms with Gasteiger partial charge in [0, 0.05) is 27.1 Å². The highest BCUT2D eigenvalue weighted by Gasteiger charge is 2.22. The number of hydrogen-bond donors (Lipinski definition) is 0. The number of nitrogens with zero attached hydrogens (tertiary/aromatic N) is 1. The molecule has 25 heavy (non-hydrogen) atoms. The minimum absolute atomic E-state index is 1.30. The molecule has 0 saturated heterocycles. The van der Waals surface area contributed by atoms with Crippen LogP contribution < -0.4 is 0 Å². The van der Waals surface area contributed by atoms with E-state index in [9.17, 15) is 0 Å². The van der Waals surface area contributed by atoms with Crippen molar-refractivity contribution in [2.24, 2.45) is 0 Å². The van der Waals surface area contributed by atoms with E-state index in [0.717, 1.165) is 0 Å². The third kappa shape index (κ3) is 1.23. The van der Waals surface area contributed by atoms with E-state index in [1.807, 2.05) is 0 Å². The van der Waals surface area contributed by atoms with Crippen molar-refractivity contribution in [3.63, 3.8) is 0 Å². The van der Waals surface area contributed by atoms with Gasteiger partial charge in [-0.05, 0) is 22.4 Å². The van der Waals surface area contributed by atoms with Gasteiger partial charge in [-0.1, -0.05) is 72.8 Å². The van der Waals surface area contributed by atoms with Crippen LogP contribution in [0.1, 0.15) is 11.1 Å². The molecule has 1 nitrogen and oxygen atoms in total. The molecule has 0 spiro atoms. The van der Waals surface area contributed by atoms with Crippen LogP contribution in [0, 0.1) is 0 Å². The van der Waals surface area contributed by atoms with E-state index < -0.39 is 0 Å². The van der Waals surface area contributed by atoms with E-state index in [-0.39, 0.29) is 0 Å². The Morgan fingerprint density at radius 1 is 0.520 bits per heavy atom. The quantitative estimate of drug-likeness (QED) is 0.302. The van der Waals surface area contributed by atoms with E-state index in [1.165, 1.54) is 60.0 Å². The second kappa shape index (κ2) is 3.84. The summed E-state index contributed by atoms with van der Waals surface area (Å²) in [7, 11) is 0. The smallest absolute Gasteiger partial charge is 0.0621 e. The molecule has 1 aliphatic rings. The SMILES string of the molecule is C1=Cc2c3ccccc3cc3c4cccc5c6cccc1c6n(c23)c54. The van der Waals surface area contributed by atoms with E-state index in [1.54, 1.807) is 0 Å². The summed E-state index contributed by atoms with van der Waals surface area (Å²) in [5.41, 5.74) is 6.68. The Balaban J connectivity index is 1.99. The number of aromatic nitrogens is 1. The molecular formula is C24H13N. The number of rotatable bonds is 0. The Hall–Kier alpha value is -3.32. The fourth-order valence-corrected chi connectivity index (χ4v) is 4.87. The highest BCUT2D eigenvalue weighted by molar-refractivity contribution is 6.28. The third-order valence-electron chi connectivity index (χ3n) is 5.85. The minimum Gasteiger partial charge on any atom is -0.307 e. The van der Waals surface area contributed by atoms with Crippen LogP contribution in [-0.4, -0.2) is 4.40 Å². The van der Waals surface area contributed by atoms with Crippen LogP contribution in [0.15, 0.2) is 66.7 Å². The Morgan fingerprint density at radius 3 is 2.16 bits per heavy atom. The molecule has 114 valence electrons. The Morgan fingerprint density at radius 2 is 1.24 bits per heavy atom. The summed E-state index contributed by atoms with van der Waals surface area (Å²) >= 11 is 0. The summed E-state index contributed by atoms with van der Waals surface area (Å²) in [6, 6.07) is 24.5. The van der Waals surface area contributed by atoms with Gasteiger partial charge in [0.05, 0.1) is 16.6 Å². The van der Waals surface area contributed by atoms with Gasteiger partial charge in [0.25, 0.3) is 0 Å². The molecule has 1 aliphatic heterocycles. The maximum atomic E-state index is 2.51. The Bertz CT molecular complexity index is 1530. The zero-order valence-electron chi connectivity index (χ0n) is 13.5. The molecule has 7 rings (SSSR count). The molecule has 0 radical (unpaired) electrons. The monoisotopic (exact) mass is 315 g/mol. The van der Waals surface area contributed by atoms with Gasteiger partial charge >= 0.3 is 0 Å². The van der Waals surface area contributed by atoms with Crippen molar-refractivity contribution in [2.75, 3.05) is 0 Å². The van der Waals surface area contributed by atoms with Crippen molar-refractivity contribution < 1.29 is 0 Å². The third-order valence-corrected chi connectivity index (χ3v) is 5.85. The van der Waals surface area contributed by atoms with E-state index >= 15 is 0 Å². The second-order valence-electron chi connectivity index (χ2n) is 7.02. The first-order chi connectivity index (χ1) is 12.4. The fraction of sp³-hybridized carbons (Fsp3) is 0. The van der Waals surface area contributed by atoms with Gasteiger partial charge in [-0.25, -0.2) is 0 Å². The fourth-order valence-electron chi connectivity index (χ4n) is 4.87. The van der Waals surface area contributed by atoms with Crippen LogP contribution in [0.3, 0.4) is 0 Å². The summed E-state index contributed by atoms with van der Waals surface area (Å²) in [5, 5.41) is 8.06. The predicted octanol–water partition coefficient (Wildman–Crippen LogP) is 6.47. The summed E-state index contributed by atoms with van der Waals surface area (Å²) in [4.78, 5) is 0. The lowest BCUT2D eigenvalue weighted by molar-refractivity contribution is 1.37. The molecule has 0 amide bonds. The number of hydrogen-bond acceptors (Lipinski definition) is 0. The minimum atomic E-state index is 1.30. The number of fused-ring (bicyclic) bond motifs is 4. The first-order valence-electron chi connectivity index (χ1n) is 8.72. The van der Waals surface area contributed by atoms with E-state index in [4.69, 9.17) is 0 Å². The van der Waals surface area contributed by atoms with E-state index in [2.05, 4.69) is 83.3 Å². The summed E-state index contributed by atoms with van der Waals surface area (Å²) in [6.45, 7) is 0. The maximum absolute atomic E-state index is 2.51. The molecule has 1 heteroatoms. The topological polar surface area (TPSA) is 4.41 Å². The lowest BCUT2D eigenvalue weighted by Gasteiger charge is -2.06. The molecule has 6 aromatic rings. The first-order valence-corrected chi connectivity index (χ1v) is 8.72. The largest absolute Gasteiger partial charge is 0.307 e. The normalized spacial score (nSPS) is 13.4. The summed E-state index contributed by atoms with van der Waals surface area (Å²) < 4.78 is 2.51. The summed E-state index contributed by atoms with van der Waals surface area (Å²) in [6.07, 6.45) is 4.59.